The van der Waals surface area contributed by atoms with E-state index in [2.05, 4.69) is 82.9 Å². The lowest BCUT2D eigenvalue weighted by molar-refractivity contribution is -0.144. The van der Waals surface area contributed by atoms with Gasteiger partial charge < -0.3 is 81.3 Å². The molecular formula is C95H153N11O16. The molecule has 1 saturated heterocycles. The molecule has 27 nitrogen and oxygen atoms in total. The highest BCUT2D eigenvalue weighted by molar-refractivity contribution is 5.93. The highest BCUT2D eigenvalue weighted by Gasteiger charge is 2.47. The molecule has 122 heavy (non-hydrogen) atoms. The first-order valence-electron chi connectivity index (χ1n) is 45.7. The first-order chi connectivity index (χ1) is 58.1. The number of amides is 11. The number of primary amides is 4. The van der Waals surface area contributed by atoms with Crippen LogP contribution in [-0.2, 0) is 67.0 Å². The quantitative estimate of drug-likeness (QED) is 0.0353. The van der Waals surface area contributed by atoms with E-state index in [-0.39, 0.29) is 60.5 Å². The summed E-state index contributed by atoms with van der Waals surface area (Å²) < 4.78 is 26.5. The molecule has 8 aliphatic rings. The summed E-state index contributed by atoms with van der Waals surface area (Å²) in [4.78, 5) is 141. The Hall–Kier alpha value is -9.01. The number of hydrogen-bond acceptors (Lipinski definition) is 16. The van der Waals surface area contributed by atoms with Crippen molar-refractivity contribution in [3.05, 3.63) is 95.1 Å². The summed E-state index contributed by atoms with van der Waals surface area (Å²) in [5.74, 6) is 0.391. The minimum atomic E-state index is -0.808. The molecule has 684 valence electrons. The number of hydrogen-bond donors (Lipinski definition) is 5. The largest absolute Gasteiger partial charge is 0.493 e. The van der Waals surface area contributed by atoms with E-state index < -0.39 is 34.0 Å². The van der Waals surface area contributed by atoms with E-state index in [0.29, 0.717) is 97.5 Å². The summed E-state index contributed by atoms with van der Waals surface area (Å²) in [6.07, 6.45) is 27.0. The number of aryl methyl sites for hydroxylation is 1. The lowest BCUT2D eigenvalue weighted by Gasteiger charge is -2.39. The highest BCUT2D eigenvalue weighted by Crippen LogP contribution is 2.45. The van der Waals surface area contributed by atoms with E-state index >= 15 is 0 Å². The maximum absolute atomic E-state index is 12.3. The fourth-order valence-corrected chi connectivity index (χ4v) is 14.3. The number of nitrogens with one attached hydrogen (secondary N) is 1. The predicted octanol–water partition coefficient (Wildman–Crippen LogP) is 14.8. The Bertz CT molecular complexity index is 3710. The van der Waals surface area contributed by atoms with Crippen molar-refractivity contribution in [1.29, 1.82) is 0 Å². The molecule has 27 heteroatoms. The standard InChI is InChI=1S/C16H23NO.C15H20N2O2.C14H19NO3.C13H22N2O2.C13H26N2O2.C12H22N2O3.C12H21NO3/c1-3-10-17(15-8-9-15)16(18)12-14-7-5-6-13(4-2)11-14;1-2-8-17(13-6-7-13)14(18)10-11-4-3-5-12(9-11)15(16)19;1-3-10-15(11-8-9-11)14(16)18-13-7-5-4-6-12(13)17-2;1-2-8-15(10-4-5-10)11(16)9-13(12(14)17)6-3-7-13;1-6-7-10(9(2)3)11(16)15-8-13(4,5)12(14)17;1-4-7-14(9-5-6-9)11(16)17-8-12(2,3)10(13)15;1-2-7-13(10-3-4-10)12(14)16-11-5-8-15-9-6-11/h5-7,11,15H,3-4,8-10,12H2,1-2H3;3-5,9,13H,2,6-8,10H2,1H3,(H2,16,19);4-7,11H,3,8-10H2,1-2H3;10H,2-9H2,1H3,(H2,14,17);9-10H,6-8H2,1-5H3,(H2,14,17)(H,15,16);9H,4-8H2,1-3H3,(H2,13,15);10-11H,2-9H2,1H3. The summed E-state index contributed by atoms with van der Waals surface area (Å²) >= 11 is 0. The van der Waals surface area contributed by atoms with Crippen LogP contribution in [0.4, 0.5) is 14.4 Å². The van der Waals surface area contributed by atoms with Gasteiger partial charge in [-0.1, -0.05) is 131 Å². The Kier molecular flexibility index (Phi) is 44.6. The molecule has 1 aliphatic heterocycles. The molecule has 7 aliphatic carbocycles. The van der Waals surface area contributed by atoms with E-state index in [1.807, 2.05) is 58.6 Å². The first-order valence-corrected chi connectivity index (χ1v) is 45.7. The van der Waals surface area contributed by atoms with Crippen LogP contribution in [0.2, 0.25) is 0 Å². The first kappa shape index (κ1) is 104. The van der Waals surface area contributed by atoms with Crippen molar-refractivity contribution in [3.63, 3.8) is 0 Å². The van der Waals surface area contributed by atoms with Crippen molar-refractivity contribution < 1.29 is 76.4 Å². The molecule has 0 bridgehead atoms. The van der Waals surface area contributed by atoms with Crippen molar-refractivity contribution in [2.45, 2.75) is 325 Å². The normalized spacial score (nSPS) is 16.4. The Morgan fingerprint density at radius 1 is 0.484 bits per heavy atom. The number of carbonyl (C=O) groups excluding carboxylic acids is 11. The van der Waals surface area contributed by atoms with Crippen LogP contribution in [0.5, 0.6) is 11.5 Å². The summed E-state index contributed by atoms with van der Waals surface area (Å²) in [7, 11) is 1.57. The van der Waals surface area contributed by atoms with Gasteiger partial charge in [-0.3, -0.25) is 38.4 Å². The average Bonchev–Trinajstić information content (AvgIpc) is 1.36. The topological polar surface area (TPSA) is 369 Å². The molecule has 0 radical (unpaired) electrons. The number of nitrogens with two attached hydrogens (primary N) is 4. The maximum Gasteiger partial charge on any atom is 0.415 e. The van der Waals surface area contributed by atoms with Crippen molar-refractivity contribution in [2.75, 3.05) is 72.7 Å². The van der Waals surface area contributed by atoms with Gasteiger partial charge in [0, 0.05) is 113 Å². The molecule has 8 fully saturated rings. The zero-order valence-electron chi connectivity index (χ0n) is 76.7. The predicted molar refractivity (Wildman–Crippen MR) is 476 cm³/mol. The highest BCUT2D eigenvalue weighted by atomic mass is 16.6. The van der Waals surface area contributed by atoms with Gasteiger partial charge in [0.15, 0.2) is 11.5 Å². The number of rotatable bonds is 40. The Labute approximate surface area is 728 Å². The summed E-state index contributed by atoms with van der Waals surface area (Å²) in [5.41, 5.74) is 22.9. The van der Waals surface area contributed by atoms with Crippen molar-refractivity contribution in [2.24, 2.45) is 51.0 Å². The third kappa shape index (κ3) is 36.4. The Balaban J connectivity index is 0.000000253. The van der Waals surface area contributed by atoms with Gasteiger partial charge in [0.1, 0.15) is 12.7 Å². The van der Waals surface area contributed by atoms with Crippen LogP contribution in [0.15, 0.2) is 72.8 Å². The van der Waals surface area contributed by atoms with E-state index in [9.17, 15) is 52.7 Å². The van der Waals surface area contributed by atoms with E-state index in [0.717, 1.165) is 211 Å². The third-order valence-electron chi connectivity index (χ3n) is 23.1. The fourth-order valence-electron chi connectivity index (χ4n) is 14.3. The second-order valence-corrected chi connectivity index (χ2v) is 35.6. The number of carbonyl (C=O) groups is 11. The lowest BCUT2D eigenvalue weighted by atomic mass is 9.66. The Morgan fingerprint density at radius 2 is 0.893 bits per heavy atom. The van der Waals surface area contributed by atoms with Crippen molar-refractivity contribution in [1.82, 2.24) is 34.7 Å². The van der Waals surface area contributed by atoms with Gasteiger partial charge in [-0.15, -0.1) is 0 Å². The molecule has 1 heterocycles. The molecule has 0 spiro atoms. The summed E-state index contributed by atoms with van der Waals surface area (Å²) in [6.45, 7) is 34.2. The van der Waals surface area contributed by atoms with Gasteiger partial charge in [-0.2, -0.15) is 0 Å². The molecule has 1 atom stereocenters. The monoisotopic (exact) mass is 1700 g/mol. The van der Waals surface area contributed by atoms with Crippen LogP contribution in [0, 0.1) is 28.1 Å². The number of ether oxygens (including phenoxy) is 5. The second-order valence-electron chi connectivity index (χ2n) is 35.6. The van der Waals surface area contributed by atoms with Crippen LogP contribution < -0.4 is 37.7 Å². The minimum Gasteiger partial charge on any atom is -0.493 e. The molecule has 3 aromatic carbocycles. The fraction of sp³-hybridized carbons (Fsp3) is 0.695. The number of benzene rings is 3. The van der Waals surface area contributed by atoms with E-state index in [4.69, 9.17) is 46.6 Å². The third-order valence-corrected chi connectivity index (χ3v) is 23.1. The van der Waals surface area contributed by atoms with Gasteiger partial charge in [-0.25, -0.2) is 14.4 Å². The number of methoxy groups -OCH3 is 1. The average molecular weight is 1710 g/mol. The molecule has 11 amide bonds. The van der Waals surface area contributed by atoms with E-state index in [1.165, 1.54) is 18.4 Å². The SMILES string of the molecule is CCCC(C(=O)NCC(C)(C)C(N)=O)C(C)C.CCCN(C(=O)CC1(C(N)=O)CCC1)C1CC1.CCCN(C(=O)Cc1cccc(C(N)=O)c1)C1CC1.CCCN(C(=O)Cc1cccc(CC)c1)C1CC1.CCCN(C(=O)OC1CCOCC1)C1CC1.CCCN(C(=O)OCC(C)(C)C(N)=O)C1CC1.CCCN(C(=O)Oc1ccccc1OC)C1CC1. The van der Waals surface area contributed by atoms with Gasteiger partial charge in [-0.05, 0) is 216 Å². The van der Waals surface area contributed by atoms with Crippen molar-refractivity contribution >= 4 is 65.5 Å². The van der Waals surface area contributed by atoms with Crippen molar-refractivity contribution in [3.8, 4) is 11.5 Å². The van der Waals surface area contributed by atoms with Gasteiger partial charge in [0.05, 0.1) is 49.4 Å². The molecule has 1 unspecified atom stereocenters. The Morgan fingerprint density at radius 3 is 1.29 bits per heavy atom. The molecule has 0 aromatic heterocycles. The zero-order chi connectivity index (χ0) is 90.3. The summed E-state index contributed by atoms with van der Waals surface area (Å²) in [6, 6.07) is 25.2. The number of para-hydroxylation sites is 2. The van der Waals surface area contributed by atoms with Crippen LogP contribution in [-0.4, -0.2) is 210 Å². The molecular weight excluding hydrogens is 1550 g/mol. The van der Waals surface area contributed by atoms with Gasteiger partial charge >= 0.3 is 18.3 Å². The van der Waals surface area contributed by atoms with Crippen LogP contribution >= 0.6 is 0 Å². The van der Waals surface area contributed by atoms with Gasteiger partial charge in [0.25, 0.3) is 0 Å². The van der Waals surface area contributed by atoms with Crippen LogP contribution in [0.1, 0.15) is 291 Å². The van der Waals surface area contributed by atoms with E-state index in [1.54, 1.807) is 70.0 Å². The van der Waals surface area contributed by atoms with Crippen LogP contribution in [0.25, 0.3) is 0 Å². The number of nitrogens with zero attached hydrogens (tertiary/aromatic N) is 6. The summed E-state index contributed by atoms with van der Waals surface area (Å²) in [5, 5.41) is 2.83. The molecule has 7 saturated carbocycles. The minimum absolute atomic E-state index is 0.0173. The lowest BCUT2D eigenvalue weighted by Crippen LogP contribution is -2.47. The second kappa shape index (κ2) is 52.6. The zero-order valence-corrected chi connectivity index (χ0v) is 76.7. The molecule has 3 aromatic rings. The molecule has 11 rings (SSSR count). The maximum atomic E-state index is 12.3. The smallest absolute Gasteiger partial charge is 0.415 e. The van der Waals surface area contributed by atoms with Gasteiger partial charge in [0.2, 0.25) is 47.3 Å². The van der Waals surface area contributed by atoms with Crippen LogP contribution in [0.3, 0.4) is 0 Å². The molecule has 9 N–H and O–H groups in total.